The minimum atomic E-state index is -1.52. The van der Waals surface area contributed by atoms with Crippen molar-refractivity contribution in [2.75, 3.05) is 0 Å². The van der Waals surface area contributed by atoms with E-state index in [1.165, 1.54) is 50.5 Å². The van der Waals surface area contributed by atoms with Crippen molar-refractivity contribution in [3.8, 4) is 0 Å². The van der Waals surface area contributed by atoms with Crippen molar-refractivity contribution in [2.45, 2.75) is 70.5 Å². The molecule has 0 heterocycles. The summed E-state index contributed by atoms with van der Waals surface area (Å²) >= 11 is 6.47. The fourth-order valence-corrected chi connectivity index (χ4v) is 3.84. The highest BCUT2D eigenvalue weighted by Gasteiger charge is 2.28. The molecule has 17 heavy (non-hydrogen) atoms. The summed E-state index contributed by atoms with van der Waals surface area (Å²) in [5, 5.41) is 0. The molecule has 1 atom stereocenters. The lowest BCUT2D eigenvalue weighted by atomic mass is 10.1. The zero-order valence-corrected chi connectivity index (χ0v) is 13.4. The van der Waals surface area contributed by atoms with E-state index in [0.717, 1.165) is 0 Å². The van der Waals surface area contributed by atoms with E-state index in [1.807, 2.05) is 0 Å². The van der Waals surface area contributed by atoms with Gasteiger partial charge < -0.3 is 0 Å². The summed E-state index contributed by atoms with van der Waals surface area (Å²) in [5.41, 5.74) is 2.07. The molecule has 0 amide bonds. The van der Waals surface area contributed by atoms with Crippen LogP contribution in [-0.4, -0.2) is 7.38 Å². The van der Waals surface area contributed by atoms with Crippen LogP contribution in [0.1, 0.15) is 51.9 Å². The summed E-state index contributed by atoms with van der Waals surface area (Å²) in [5.74, 6) is 0. The van der Waals surface area contributed by atoms with Gasteiger partial charge in [0.25, 0.3) is 0 Å². The molecule has 0 radical (unpaired) electrons. The van der Waals surface area contributed by atoms with Crippen molar-refractivity contribution in [3.05, 3.63) is 23.8 Å². The fourth-order valence-electron chi connectivity index (χ4n) is 2.27. The van der Waals surface area contributed by atoms with Gasteiger partial charge in [-0.15, -0.1) is 0 Å². The first-order valence-electron chi connectivity index (χ1n) is 7.12. The summed E-state index contributed by atoms with van der Waals surface area (Å²) < 4.78 is 0. The topological polar surface area (TPSA) is 0 Å². The number of hydrogen-bond donors (Lipinski definition) is 0. The second kappa shape index (κ2) is 7.43. The van der Waals surface area contributed by atoms with Gasteiger partial charge in [-0.05, 0) is 12.8 Å². The van der Waals surface area contributed by atoms with Crippen LogP contribution in [0.15, 0.2) is 23.8 Å². The zero-order chi connectivity index (χ0) is 12.7. The van der Waals surface area contributed by atoms with Gasteiger partial charge in [0.15, 0.2) is 7.38 Å². The molecule has 0 N–H and O–H groups in total. The number of hydrogen-bond acceptors (Lipinski definition) is 0. The SMILES string of the molecule is CCCCCCCCC1=CC([Si](C)(C)Cl)C=C1. The van der Waals surface area contributed by atoms with Crippen LogP contribution < -0.4 is 0 Å². The molecular formula is C15H27ClSi. The molecule has 0 bridgehead atoms. The largest absolute Gasteiger partial charge is 0.167 e. The van der Waals surface area contributed by atoms with Crippen LogP contribution >= 0.6 is 11.1 Å². The Kier molecular flexibility index (Phi) is 6.57. The Morgan fingerprint density at radius 3 is 2.35 bits per heavy atom. The predicted octanol–water partition coefficient (Wildman–Crippen LogP) is 6.05. The van der Waals surface area contributed by atoms with Gasteiger partial charge in [0.2, 0.25) is 0 Å². The predicted molar refractivity (Wildman–Crippen MR) is 82.3 cm³/mol. The average Bonchev–Trinajstić information content (AvgIpc) is 2.71. The van der Waals surface area contributed by atoms with Gasteiger partial charge in [0.1, 0.15) is 0 Å². The molecule has 0 aliphatic heterocycles. The number of allylic oxidation sites excluding steroid dienone is 4. The van der Waals surface area contributed by atoms with Crippen molar-refractivity contribution in [2.24, 2.45) is 0 Å². The lowest BCUT2D eigenvalue weighted by molar-refractivity contribution is 0.608. The maximum absolute atomic E-state index is 6.47. The van der Waals surface area contributed by atoms with E-state index >= 15 is 0 Å². The molecule has 0 saturated heterocycles. The van der Waals surface area contributed by atoms with E-state index in [4.69, 9.17) is 11.1 Å². The number of halogens is 1. The lowest BCUT2D eigenvalue weighted by Crippen LogP contribution is -2.21. The second-order valence-corrected chi connectivity index (χ2v) is 12.4. The van der Waals surface area contributed by atoms with E-state index in [-0.39, 0.29) is 0 Å². The third-order valence-electron chi connectivity index (χ3n) is 3.52. The van der Waals surface area contributed by atoms with Gasteiger partial charge >= 0.3 is 0 Å². The minimum absolute atomic E-state index is 0.555. The van der Waals surface area contributed by atoms with Gasteiger partial charge in [0.05, 0.1) is 0 Å². The standard InChI is InChI=1S/C15H27ClSi/c1-4-5-6-7-8-9-10-14-11-12-15(13-14)17(2,3)16/h11-13,15H,4-10H2,1-3H3. The molecule has 0 spiro atoms. The van der Waals surface area contributed by atoms with Crippen molar-refractivity contribution < 1.29 is 0 Å². The molecule has 0 aromatic carbocycles. The van der Waals surface area contributed by atoms with Crippen LogP contribution in [0.5, 0.6) is 0 Å². The molecule has 0 aromatic rings. The summed E-state index contributed by atoms with van der Waals surface area (Å²) in [6.45, 7) is 6.73. The number of rotatable bonds is 8. The molecule has 0 aromatic heterocycles. The Morgan fingerprint density at radius 2 is 1.76 bits per heavy atom. The van der Waals surface area contributed by atoms with Crippen molar-refractivity contribution in [3.63, 3.8) is 0 Å². The van der Waals surface area contributed by atoms with Gasteiger partial charge in [0, 0.05) is 5.54 Å². The minimum Gasteiger partial charge on any atom is -0.167 e. The maximum Gasteiger partial charge on any atom is 0.160 e. The Hall–Kier alpha value is -0.0131. The van der Waals surface area contributed by atoms with Crippen LogP contribution in [0, 0.1) is 0 Å². The molecule has 98 valence electrons. The third-order valence-corrected chi connectivity index (χ3v) is 6.22. The van der Waals surface area contributed by atoms with Crippen molar-refractivity contribution in [1.82, 2.24) is 0 Å². The van der Waals surface area contributed by atoms with Gasteiger partial charge in [-0.1, -0.05) is 75.9 Å². The first-order chi connectivity index (χ1) is 8.04. The molecule has 0 nitrogen and oxygen atoms in total. The van der Waals surface area contributed by atoms with Crippen LogP contribution in [0.4, 0.5) is 0 Å². The molecule has 0 saturated carbocycles. The summed E-state index contributed by atoms with van der Waals surface area (Å²) in [6.07, 6.45) is 16.6. The van der Waals surface area contributed by atoms with E-state index in [2.05, 4.69) is 38.2 Å². The number of unbranched alkanes of at least 4 members (excludes halogenated alkanes) is 5. The first-order valence-corrected chi connectivity index (χ1v) is 11.2. The van der Waals surface area contributed by atoms with E-state index in [0.29, 0.717) is 5.54 Å². The second-order valence-electron chi connectivity index (χ2n) is 5.71. The molecule has 1 aliphatic carbocycles. The lowest BCUT2D eigenvalue weighted by Gasteiger charge is -2.17. The van der Waals surface area contributed by atoms with E-state index in [1.54, 1.807) is 0 Å². The normalized spacial score (nSPS) is 19.8. The maximum atomic E-state index is 6.47. The van der Waals surface area contributed by atoms with Crippen LogP contribution in [0.3, 0.4) is 0 Å². The molecule has 1 aliphatic rings. The highest BCUT2D eigenvalue weighted by molar-refractivity contribution is 7.20. The van der Waals surface area contributed by atoms with Gasteiger partial charge in [-0.25, -0.2) is 0 Å². The Balaban J connectivity index is 2.15. The average molecular weight is 271 g/mol. The monoisotopic (exact) mass is 270 g/mol. The first kappa shape index (κ1) is 15.0. The van der Waals surface area contributed by atoms with Gasteiger partial charge in [-0.3, -0.25) is 0 Å². The van der Waals surface area contributed by atoms with Crippen LogP contribution in [0.2, 0.25) is 18.6 Å². The smallest absolute Gasteiger partial charge is 0.160 e. The Bertz CT molecular complexity index is 273. The highest BCUT2D eigenvalue weighted by atomic mass is 35.6. The summed E-state index contributed by atoms with van der Waals surface area (Å²) in [6, 6.07) is 0. The molecule has 1 rings (SSSR count). The highest BCUT2D eigenvalue weighted by Crippen LogP contribution is 2.35. The zero-order valence-electron chi connectivity index (χ0n) is 11.6. The van der Waals surface area contributed by atoms with E-state index < -0.39 is 7.38 Å². The van der Waals surface area contributed by atoms with E-state index in [9.17, 15) is 0 Å². The fraction of sp³-hybridized carbons (Fsp3) is 0.733. The van der Waals surface area contributed by atoms with Gasteiger partial charge in [-0.2, -0.15) is 11.1 Å². The Labute approximate surface area is 113 Å². The summed E-state index contributed by atoms with van der Waals surface area (Å²) in [7, 11) is -1.52. The van der Waals surface area contributed by atoms with Crippen molar-refractivity contribution >= 4 is 18.5 Å². The van der Waals surface area contributed by atoms with Crippen LogP contribution in [-0.2, 0) is 0 Å². The summed E-state index contributed by atoms with van der Waals surface area (Å²) in [4.78, 5) is 0. The Morgan fingerprint density at radius 1 is 1.12 bits per heavy atom. The molecule has 0 fully saturated rings. The van der Waals surface area contributed by atoms with Crippen LogP contribution in [0.25, 0.3) is 0 Å². The molecule has 1 unspecified atom stereocenters. The third kappa shape index (κ3) is 5.92. The quantitative estimate of drug-likeness (QED) is 0.286. The van der Waals surface area contributed by atoms with Crippen molar-refractivity contribution in [1.29, 1.82) is 0 Å². The molecular weight excluding hydrogens is 244 g/mol. The molecule has 2 heteroatoms.